The first-order valence-corrected chi connectivity index (χ1v) is 9.75. The number of aromatic nitrogens is 1. The molecule has 0 bridgehead atoms. The lowest BCUT2D eigenvalue weighted by Crippen LogP contribution is -2.16. The highest BCUT2D eigenvalue weighted by atomic mass is 32.2. The molecule has 0 saturated heterocycles. The van der Waals surface area contributed by atoms with E-state index in [4.69, 9.17) is 4.74 Å². The number of nitrogens with one attached hydrogen (secondary N) is 2. The van der Waals surface area contributed by atoms with Crippen molar-refractivity contribution in [1.82, 2.24) is 4.98 Å². The summed E-state index contributed by atoms with van der Waals surface area (Å²) in [6.45, 7) is 0. The molecule has 2 N–H and O–H groups in total. The molecule has 1 aromatic heterocycles. The second kappa shape index (κ2) is 9.69. The van der Waals surface area contributed by atoms with Crippen molar-refractivity contribution in [2.75, 3.05) is 17.7 Å². The fraction of sp³-hybridized carbons (Fsp3) is 0.0952. The van der Waals surface area contributed by atoms with Crippen LogP contribution in [-0.2, 0) is 0 Å². The molecule has 32 heavy (non-hydrogen) atoms. The smallest absolute Gasteiger partial charge is 0.447 e. The van der Waals surface area contributed by atoms with Crippen LogP contribution >= 0.6 is 11.8 Å². The van der Waals surface area contributed by atoms with Crippen LogP contribution < -0.4 is 15.4 Å². The molecule has 0 unspecified atom stereocenters. The molecule has 0 atom stereocenters. The number of nitrogens with zero attached hydrogens (tertiary/aromatic N) is 1. The van der Waals surface area contributed by atoms with Crippen molar-refractivity contribution in [1.29, 1.82) is 0 Å². The van der Waals surface area contributed by atoms with Gasteiger partial charge in [-0.3, -0.25) is 9.59 Å². The third-order valence-corrected chi connectivity index (χ3v) is 4.77. The number of carbonyl (C=O) groups excluding carboxylic acids is 2. The molecular formula is C21H15F4N3O3S. The van der Waals surface area contributed by atoms with E-state index in [0.29, 0.717) is 0 Å². The number of thioether (sulfide) groups is 1. The van der Waals surface area contributed by atoms with E-state index in [1.165, 1.54) is 55.6 Å². The van der Waals surface area contributed by atoms with Gasteiger partial charge in [0.2, 0.25) is 0 Å². The molecule has 0 fully saturated rings. The van der Waals surface area contributed by atoms with Gasteiger partial charge in [-0.25, -0.2) is 9.37 Å². The van der Waals surface area contributed by atoms with Crippen molar-refractivity contribution in [3.05, 3.63) is 77.7 Å². The number of rotatable bonds is 6. The van der Waals surface area contributed by atoms with Crippen molar-refractivity contribution in [2.45, 2.75) is 10.5 Å². The van der Waals surface area contributed by atoms with Crippen LogP contribution in [0.4, 0.5) is 28.9 Å². The Hall–Kier alpha value is -3.60. The number of amides is 2. The van der Waals surface area contributed by atoms with Gasteiger partial charge in [0, 0.05) is 29.2 Å². The minimum atomic E-state index is -4.61. The molecule has 3 rings (SSSR count). The van der Waals surface area contributed by atoms with Gasteiger partial charge in [0.15, 0.2) is 0 Å². The second-order valence-corrected chi connectivity index (χ2v) is 7.29. The lowest BCUT2D eigenvalue weighted by molar-refractivity contribution is -0.0329. The molecule has 2 aromatic carbocycles. The van der Waals surface area contributed by atoms with Gasteiger partial charge in [0.25, 0.3) is 11.8 Å². The third kappa shape index (κ3) is 5.97. The standard InChI is InChI=1S/C21H15F4N3O3S/c1-31-17-8-7-14(11-16(17)28-18(29)12-4-2-5-13(22)10-12)27-19(30)15-6-3-9-26-20(15)32-21(23,24)25/h2-11H,1H3,(H,27,30)(H,28,29). The summed E-state index contributed by atoms with van der Waals surface area (Å²) in [4.78, 5) is 28.6. The maximum absolute atomic E-state index is 13.4. The summed E-state index contributed by atoms with van der Waals surface area (Å²) in [5, 5.41) is 4.53. The molecule has 0 aliphatic heterocycles. The van der Waals surface area contributed by atoms with Crippen molar-refractivity contribution in [3.8, 4) is 5.75 Å². The Morgan fingerprint density at radius 3 is 2.47 bits per heavy atom. The van der Waals surface area contributed by atoms with Gasteiger partial charge in [0.05, 0.1) is 18.4 Å². The molecule has 0 spiro atoms. The summed E-state index contributed by atoms with van der Waals surface area (Å²) in [5.41, 5.74) is -4.48. The zero-order valence-electron chi connectivity index (χ0n) is 16.4. The first kappa shape index (κ1) is 23.1. The van der Waals surface area contributed by atoms with Crippen LogP contribution in [0.15, 0.2) is 65.8 Å². The van der Waals surface area contributed by atoms with Gasteiger partial charge in [-0.2, -0.15) is 13.2 Å². The van der Waals surface area contributed by atoms with Crippen molar-refractivity contribution in [2.24, 2.45) is 0 Å². The highest BCUT2D eigenvalue weighted by Crippen LogP contribution is 2.37. The van der Waals surface area contributed by atoms with E-state index in [9.17, 15) is 27.2 Å². The first-order chi connectivity index (χ1) is 15.2. The number of methoxy groups -OCH3 is 1. The lowest BCUT2D eigenvalue weighted by atomic mass is 10.2. The maximum Gasteiger partial charge on any atom is 0.447 e. The molecule has 1 heterocycles. The maximum atomic E-state index is 13.4. The van der Waals surface area contributed by atoms with Crippen LogP contribution in [0, 0.1) is 5.82 Å². The van der Waals surface area contributed by atoms with Crippen LogP contribution in [0.25, 0.3) is 0 Å². The molecule has 6 nitrogen and oxygen atoms in total. The topological polar surface area (TPSA) is 80.3 Å². The van der Waals surface area contributed by atoms with Gasteiger partial charge in [0.1, 0.15) is 16.6 Å². The highest BCUT2D eigenvalue weighted by molar-refractivity contribution is 8.00. The van der Waals surface area contributed by atoms with E-state index >= 15 is 0 Å². The Morgan fingerprint density at radius 1 is 1.00 bits per heavy atom. The van der Waals surface area contributed by atoms with E-state index in [2.05, 4.69) is 15.6 Å². The fourth-order valence-electron chi connectivity index (χ4n) is 2.66. The average Bonchev–Trinajstić information content (AvgIpc) is 2.73. The zero-order chi connectivity index (χ0) is 23.3. The molecule has 0 aliphatic carbocycles. The Labute approximate surface area is 184 Å². The van der Waals surface area contributed by atoms with Gasteiger partial charge < -0.3 is 15.4 Å². The number of hydrogen-bond acceptors (Lipinski definition) is 5. The van der Waals surface area contributed by atoms with Gasteiger partial charge in [-0.15, -0.1) is 0 Å². The summed E-state index contributed by atoms with van der Waals surface area (Å²) in [5.74, 6) is -1.78. The number of alkyl halides is 3. The molecule has 11 heteroatoms. The molecule has 0 radical (unpaired) electrons. The number of halogens is 4. The van der Waals surface area contributed by atoms with Gasteiger partial charge >= 0.3 is 5.51 Å². The van der Waals surface area contributed by atoms with Crippen LogP contribution in [0.3, 0.4) is 0 Å². The van der Waals surface area contributed by atoms with Crippen molar-refractivity contribution < 1.29 is 31.9 Å². The molecular weight excluding hydrogens is 450 g/mol. The minimum absolute atomic E-state index is 0.0608. The van der Waals surface area contributed by atoms with Crippen molar-refractivity contribution in [3.63, 3.8) is 0 Å². The van der Waals surface area contributed by atoms with Crippen LogP contribution in [0.2, 0.25) is 0 Å². The Balaban J connectivity index is 1.83. The number of benzene rings is 2. The molecule has 3 aromatic rings. The summed E-state index contributed by atoms with van der Waals surface area (Å²) < 4.78 is 56.8. The van der Waals surface area contributed by atoms with E-state index in [0.717, 1.165) is 12.3 Å². The highest BCUT2D eigenvalue weighted by Gasteiger charge is 2.32. The molecule has 0 aliphatic rings. The van der Waals surface area contributed by atoms with Crippen LogP contribution in [0.5, 0.6) is 5.75 Å². The summed E-state index contributed by atoms with van der Waals surface area (Å²) in [6, 6.07) is 11.8. The van der Waals surface area contributed by atoms with Crippen molar-refractivity contribution >= 4 is 35.0 Å². The molecule has 2 amide bonds. The Bertz CT molecular complexity index is 1160. The lowest BCUT2D eigenvalue weighted by Gasteiger charge is -2.14. The Kier molecular flexibility index (Phi) is 6.98. The second-order valence-electron chi connectivity index (χ2n) is 6.24. The molecule has 166 valence electrons. The number of pyridine rings is 1. The van der Waals surface area contributed by atoms with Crippen LogP contribution in [0.1, 0.15) is 20.7 Å². The van der Waals surface area contributed by atoms with E-state index in [1.807, 2.05) is 0 Å². The minimum Gasteiger partial charge on any atom is -0.495 e. The van der Waals surface area contributed by atoms with Crippen LogP contribution in [-0.4, -0.2) is 29.4 Å². The first-order valence-electron chi connectivity index (χ1n) is 8.93. The normalized spacial score (nSPS) is 11.0. The van der Waals surface area contributed by atoms with E-state index in [-0.39, 0.29) is 28.3 Å². The van der Waals surface area contributed by atoms with E-state index < -0.39 is 39.9 Å². The molecule has 0 saturated carbocycles. The average molecular weight is 465 g/mol. The fourth-order valence-corrected chi connectivity index (χ4v) is 3.26. The predicted octanol–water partition coefficient (Wildman–Crippen LogP) is 5.35. The Morgan fingerprint density at radius 2 is 1.78 bits per heavy atom. The number of hydrogen-bond donors (Lipinski definition) is 2. The SMILES string of the molecule is COc1ccc(NC(=O)c2cccnc2SC(F)(F)F)cc1NC(=O)c1cccc(F)c1. The third-order valence-electron chi connectivity index (χ3n) is 4.02. The zero-order valence-corrected chi connectivity index (χ0v) is 17.2. The number of carbonyl (C=O) groups is 2. The van der Waals surface area contributed by atoms with Gasteiger partial charge in [-0.05, 0) is 48.5 Å². The largest absolute Gasteiger partial charge is 0.495 e. The quantitative estimate of drug-likeness (QED) is 0.379. The number of anilines is 2. The number of ether oxygens (including phenoxy) is 1. The van der Waals surface area contributed by atoms with Gasteiger partial charge in [-0.1, -0.05) is 6.07 Å². The monoisotopic (exact) mass is 465 g/mol. The van der Waals surface area contributed by atoms with E-state index in [1.54, 1.807) is 0 Å². The predicted molar refractivity (Wildman–Crippen MR) is 111 cm³/mol. The summed E-state index contributed by atoms with van der Waals surface area (Å²) in [6.07, 6.45) is 1.15. The summed E-state index contributed by atoms with van der Waals surface area (Å²) in [7, 11) is 1.36. The summed E-state index contributed by atoms with van der Waals surface area (Å²) >= 11 is -0.497.